The Morgan fingerprint density at radius 3 is 2.33 bits per heavy atom. The Morgan fingerprint density at radius 1 is 1.03 bits per heavy atom. The maximum absolute atomic E-state index is 13.1. The average molecular weight is 449 g/mol. The molecule has 0 bridgehead atoms. The molecule has 162 valence electrons. The Hall–Kier alpha value is -1.89. The fourth-order valence-corrected chi connectivity index (χ4v) is 5.35. The molecule has 0 saturated carbocycles. The van der Waals surface area contributed by atoms with Gasteiger partial charge in [0.15, 0.2) is 0 Å². The molecular formula is C23H29ClN2O3S. The Bertz CT molecular complexity index is 966. The van der Waals surface area contributed by atoms with E-state index in [0.29, 0.717) is 18.8 Å². The minimum Gasteiger partial charge on any atom is -0.322 e. The van der Waals surface area contributed by atoms with Crippen molar-refractivity contribution in [2.75, 3.05) is 18.4 Å². The maximum Gasteiger partial charge on any atom is 0.257 e. The Labute approximate surface area is 184 Å². The van der Waals surface area contributed by atoms with Crippen LogP contribution >= 0.6 is 11.6 Å². The number of aryl methyl sites for hydroxylation is 1. The highest BCUT2D eigenvalue weighted by Crippen LogP contribution is 2.26. The summed E-state index contributed by atoms with van der Waals surface area (Å²) < 4.78 is 27.6. The lowest BCUT2D eigenvalue weighted by Crippen LogP contribution is -2.32. The summed E-state index contributed by atoms with van der Waals surface area (Å²) in [6.45, 7) is 3.17. The van der Waals surface area contributed by atoms with E-state index >= 15 is 0 Å². The Balaban J connectivity index is 1.78. The molecule has 1 N–H and O–H groups in total. The number of nitrogens with zero attached hydrogens (tertiary/aromatic N) is 1. The lowest BCUT2D eigenvalue weighted by Gasteiger charge is -2.20. The molecule has 30 heavy (non-hydrogen) atoms. The van der Waals surface area contributed by atoms with Crippen LogP contribution in [0.5, 0.6) is 0 Å². The van der Waals surface area contributed by atoms with Crippen molar-refractivity contribution in [1.29, 1.82) is 0 Å². The first-order valence-corrected chi connectivity index (χ1v) is 12.4. The molecule has 3 rings (SSSR count). The second kappa shape index (κ2) is 10.4. The van der Waals surface area contributed by atoms with Crippen LogP contribution in [0.15, 0.2) is 47.4 Å². The number of halogens is 1. The summed E-state index contributed by atoms with van der Waals surface area (Å²) in [5, 5.41) is 3.04. The Kier molecular flexibility index (Phi) is 7.92. The van der Waals surface area contributed by atoms with Gasteiger partial charge >= 0.3 is 0 Å². The zero-order valence-electron chi connectivity index (χ0n) is 17.4. The van der Waals surface area contributed by atoms with Gasteiger partial charge in [-0.3, -0.25) is 4.79 Å². The normalized spacial score (nSPS) is 15.5. The molecule has 1 heterocycles. The van der Waals surface area contributed by atoms with Crippen LogP contribution in [-0.4, -0.2) is 31.7 Å². The van der Waals surface area contributed by atoms with Crippen molar-refractivity contribution in [2.24, 2.45) is 0 Å². The molecule has 1 amide bonds. The topological polar surface area (TPSA) is 66.5 Å². The monoisotopic (exact) mass is 448 g/mol. The summed E-state index contributed by atoms with van der Waals surface area (Å²) in [4.78, 5) is 12.9. The molecule has 1 aliphatic heterocycles. The molecule has 0 atom stereocenters. The molecule has 0 aromatic heterocycles. The summed E-state index contributed by atoms with van der Waals surface area (Å²) >= 11 is 6.23. The van der Waals surface area contributed by atoms with Gasteiger partial charge in [-0.25, -0.2) is 8.42 Å². The van der Waals surface area contributed by atoms with E-state index in [1.165, 1.54) is 28.1 Å². The third kappa shape index (κ3) is 5.62. The second-order valence-electron chi connectivity index (χ2n) is 7.71. The first kappa shape index (κ1) is 22.8. The lowest BCUT2D eigenvalue weighted by molar-refractivity contribution is 0.102. The van der Waals surface area contributed by atoms with E-state index in [4.69, 9.17) is 11.6 Å². The van der Waals surface area contributed by atoms with Crippen molar-refractivity contribution in [2.45, 2.75) is 56.8 Å². The number of carbonyl (C=O) groups is 1. The summed E-state index contributed by atoms with van der Waals surface area (Å²) in [6, 6.07) is 12.0. The van der Waals surface area contributed by atoms with Gasteiger partial charge in [-0.1, -0.05) is 49.9 Å². The number of sulfonamides is 1. The number of carbonyl (C=O) groups excluding carboxylic acids is 1. The van der Waals surface area contributed by atoms with Crippen LogP contribution in [0.3, 0.4) is 0 Å². The first-order valence-electron chi connectivity index (χ1n) is 10.6. The van der Waals surface area contributed by atoms with Gasteiger partial charge < -0.3 is 5.32 Å². The van der Waals surface area contributed by atoms with Crippen molar-refractivity contribution >= 4 is 33.2 Å². The third-order valence-electron chi connectivity index (χ3n) is 5.42. The molecule has 7 heteroatoms. The van der Waals surface area contributed by atoms with E-state index in [0.717, 1.165) is 44.9 Å². The summed E-state index contributed by atoms with van der Waals surface area (Å²) in [6.07, 6.45) is 7.05. The minimum atomic E-state index is -3.65. The van der Waals surface area contributed by atoms with Crippen molar-refractivity contribution < 1.29 is 13.2 Å². The van der Waals surface area contributed by atoms with Crippen LogP contribution in [0, 0.1) is 0 Å². The molecule has 2 aromatic carbocycles. The number of hydrogen-bond acceptors (Lipinski definition) is 3. The van der Waals surface area contributed by atoms with Crippen LogP contribution < -0.4 is 5.32 Å². The summed E-state index contributed by atoms with van der Waals surface area (Å²) in [5.74, 6) is -0.422. The largest absolute Gasteiger partial charge is 0.322 e. The van der Waals surface area contributed by atoms with Gasteiger partial charge in [-0.15, -0.1) is 0 Å². The number of nitrogens with one attached hydrogen (secondary N) is 1. The van der Waals surface area contributed by atoms with E-state index < -0.39 is 15.9 Å². The zero-order chi connectivity index (χ0) is 21.6. The van der Waals surface area contributed by atoms with Gasteiger partial charge in [0.1, 0.15) is 0 Å². The van der Waals surface area contributed by atoms with E-state index in [1.54, 1.807) is 0 Å². The number of benzene rings is 2. The van der Waals surface area contributed by atoms with Crippen LogP contribution in [0.4, 0.5) is 5.69 Å². The van der Waals surface area contributed by atoms with Gasteiger partial charge in [0.2, 0.25) is 10.0 Å². The molecule has 5 nitrogen and oxygen atoms in total. The summed E-state index contributed by atoms with van der Waals surface area (Å²) in [7, 11) is -3.65. The summed E-state index contributed by atoms with van der Waals surface area (Å²) in [5.41, 5.74) is 2.03. The van der Waals surface area contributed by atoms with E-state index in [9.17, 15) is 13.2 Å². The highest BCUT2D eigenvalue weighted by atomic mass is 35.5. The van der Waals surface area contributed by atoms with Crippen LogP contribution in [0.1, 0.15) is 61.4 Å². The molecule has 0 aliphatic carbocycles. The Morgan fingerprint density at radius 2 is 1.70 bits per heavy atom. The standard InChI is InChI=1S/C23H29ClN2O3S/c1-2-3-8-18-9-11-19(12-10-18)25-23(27)21-17-20(13-14-22(21)24)30(28,29)26-15-6-4-5-7-16-26/h9-14,17H,2-8,15-16H2,1H3,(H,25,27). The van der Waals surface area contributed by atoms with Crippen LogP contribution in [-0.2, 0) is 16.4 Å². The van der Waals surface area contributed by atoms with Crippen molar-refractivity contribution in [3.8, 4) is 0 Å². The molecular weight excluding hydrogens is 420 g/mol. The van der Waals surface area contributed by atoms with Crippen molar-refractivity contribution in [3.63, 3.8) is 0 Å². The van der Waals surface area contributed by atoms with E-state index in [-0.39, 0.29) is 15.5 Å². The lowest BCUT2D eigenvalue weighted by atomic mass is 10.1. The van der Waals surface area contributed by atoms with Gasteiger partial charge in [0, 0.05) is 18.8 Å². The molecule has 1 fully saturated rings. The number of unbranched alkanes of at least 4 members (excludes halogenated alkanes) is 1. The molecule has 0 unspecified atom stereocenters. The number of hydrogen-bond donors (Lipinski definition) is 1. The van der Waals surface area contributed by atoms with Gasteiger partial charge in [-0.05, 0) is 61.6 Å². The molecule has 1 aliphatic rings. The van der Waals surface area contributed by atoms with Crippen molar-refractivity contribution in [1.82, 2.24) is 4.31 Å². The third-order valence-corrected chi connectivity index (χ3v) is 7.64. The predicted molar refractivity (Wildman–Crippen MR) is 122 cm³/mol. The molecule has 0 radical (unpaired) electrons. The molecule has 0 spiro atoms. The fourth-order valence-electron chi connectivity index (χ4n) is 3.60. The number of rotatable bonds is 7. The molecule has 2 aromatic rings. The fraction of sp³-hybridized carbons (Fsp3) is 0.435. The zero-order valence-corrected chi connectivity index (χ0v) is 18.9. The maximum atomic E-state index is 13.1. The number of amides is 1. The van der Waals surface area contributed by atoms with Gasteiger partial charge in [-0.2, -0.15) is 4.31 Å². The first-order chi connectivity index (χ1) is 14.4. The highest BCUT2D eigenvalue weighted by Gasteiger charge is 2.26. The van der Waals surface area contributed by atoms with Gasteiger partial charge in [0.25, 0.3) is 5.91 Å². The van der Waals surface area contributed by atoms with Crippen molar-refractivity contribution in [3.05, 3.63) is 58.6 Å². The molecule has 1 saturated heterocycles. The smallest absolute Gasteiger partial charge is 0.257 e. The SMILES string of the molecule is CCCCc1ccc(NC(=O)c2cc(S(=O)(=O)N3CCCCCC3)ccc2Cl)cc1. The van der Waals surface area contributed by atoms with E-state index in [2.05, 4.69) is 12.2 Å². The minimum absolute atomic E-state index is 0.105. The van der Waals surface area contributed by atoms with Crippen LogP contribution in [0.25, 0.3) is 0 Å². The number of anilines is 1. The quantitative estimate of drug-likeness (QED) is 0.608. The highest BCUT2D eigenvalue weighted by molar-refractivity contribution is 7.89. The van der Waals surface area contributed by atoms with Gasteiger partial charge in [0.05, 0.1) is 15.5 Å². The van der Waals surface area contributed by atoms with Crippen LogP contribution in [0.2, 0.25) is 5.02 Å². The predicted octanol–water partition coefficient (Wildman–Crippen LogP) is 5.50. The average Bonchev–Trinajstić information content (AvgIpc) is 3.03. The van der Waals surface area contributed by atoms with E-state index in [1.807, 2.05) is 24.3 Å². The second-order valence-corrected chi connectivity index (χ2v) is 10.1.